The van der Waals surface area contributed by atoms with E-state index in [0.717, 1.165) is 5.56 Å². The Balaban J connectivity index is 2.29. The molecular weight excluding hydrogens is 291 g/mol. The van der Waals surface area contributed by atoms with Crippen LogP contribution in [-0.2, 0) is 7.05 Å². The van der Waals surface area contributed by atoms with Gasteiger partial charge in [0.05, 0.1) is 5.56 Å². The molecule has 3 rings (SSSR count). The molecule has 0 radical (unpaired) electrons. The van der Waals surface area contributed by atoms with Crippen molar-refractivity contribution >= 4 is 17.4 Å². The molecule has 21 heavy (non-hydrogen) atoms. The fourth-order valence-corrected chi connectivity index (χ4v) is 2.37. The average molecular weight is 303 g/mol. The molecule has 0 saturated heterocycles. The Labute approximate surface area is 126 Å². The Hall–Kier alpha value is -2.40. The summed E-state index contributed by atoms with van der Waals surface area (Å²) in [4.78, 5) is 4.07. The molecule has 0 saturated carbocycles. The van der Waals surface area contributed by atoms with Crippen LogP contribution in [-0.4, -0.2) is 14.8 Å². The monoisotopic (exact) mass is 302 g/mol. The normalized spacial score (nSPS) is 10.8. The molecule has 3 aromatic rings. The van der Waals surface area contributed by atoms with Crippen molar-refractivity contribution in [1.82, 2.24) is 14.8 Å². The van der Waals surface area contributed by atoms with Gasteiger partial charge < -0.3 is 5.73 Å². The van der Waals surface area contributed by atoms with Crippen molar-refractivity contribution in [2.24, 2.45) is 7.05 Å². The van der Waals surface area contributed by atoms with Gasteiger partial charge in [-0.2, -0.15) is 5.10 Å². The topological polar surface area (TPSA) is 56.7 Å². The lowest BCUT2D eigenvalue weighted by Crippen LogP contribution is -1.98. The van der Waals surface area contributed by atoms with Crippen LogP contribution in [0.1, 0.15) is 0 Å². The Bertz CT molecular complexity index is 799. The summed E-state index contributed by atoms with van der Waals surface area (Å²) in [7, 11) is 1.71. The number of aromatic nitrogens is 3. The quantitative estimate of drug-likeness (QED) is 0.788. The lowest BCUT2D eigenvalue weighted by molar-refractivity contribution is 0.630. The minimum Gasteiger partial charge on any atom is -0.383 e. The van der Waals surface area contributed by atoms with Crippen LogP contribution < -0.4 is 5.73 Å². The Kier molecular flexibility index (Phi) is 3.35. The molecule has 106 valence electrons. The summed E-state index contributed by atoms with van der Waals surface area (Å²) in [5.41, 5.74) is 8.26. The van der Waals surface area contributed by atoms with Crippen molar-refractivity contribution in [2.75, 3.05) is 5.73 Å². The molecule has 0 aliphatic heterocycles. The third kappa shape index (κ3) is 2.36. The van der Waals surface area contributed by atoms with E-state index in [4.69, 9.17) is 17.3 Å². The molecule has 6 heteroatoms. The van der Waals surface area contributed by atoms with Gasteiger partial charge in [0.1, 0.15) is 17.3 Å². The van der Waals surface area contributed by atoms with E-state index in [1.807, 2.05) is 6.07 Å². The zero-order valence-corrected chi connectivity index (χ0v) is 12.0. The highest BCUT2D eigenvalue weighted by Gasteiger charge is 2.20. The maximum absolute atomic E-state index is 14.1. The van der Waals surface area contributed by atoms with E-state index >= 15 is 0 Å². The van der Waals surface area contributed by atoms with E-state index in [1.54, 1.807) is 31.6 Å². The highest BCUT2D eigenvalue weighted by atomic mass is 35.5. The molecule has 1 aromatic carbocycles. The molecule has 0 aliphatic carbocycles. The first-order chi connectivity index (χ1) is 10.1. The molecule has 0 aliphatic rings. The highest BCUT2D eigenvalue weighted by molar-refractivity contribution is 6.30. The molecule has 0 spiro atoms. The molecule has 0 fully saturated rings. The molecular formula is C15H12ClFN4. The average Bonchev–Trinajstić information content (AvgIpc) is 2.78. The SMILES string of the molecule is Cn1nc(-c2cc(Cl)ccc2F)c(-c2cccnc2)c1N. The number of aryl methyl sites for hydroxylation is 1. The van der Waals surface area contributed by atoms with Gasteiger partial charge in [-0.15, -0.1) is 0 Å². The second-order valence-electron chi connectivity index (χ2n) is 4.60. The lowest BCUT2D eigenvalue weighted by Gasteiger charge is -2.05. The summed E-state index contributed by atoms with van der Waals surface area (Å²) in [5.74, 6) is 0.0417. The number of pyridine rings is 1. The van der Waals surface area contributed by atoms with Gasteiger partial charge in [0.2, 0.25) is 0 Å². The van der Waals surface area contributed by atoms with Crippen molar-refractivity contribution < 1.29 is 4.39 Å². The van der Waals surface area contributed by atoms with Crippen molar-refractivity contribution in [1.29, 1.82) is 0 Å². The molecule has 4 nitrogen and oxygen atoms in total. The third-order valence-electron chi connectivity index (χ3n) is 3.23. The first-order valence-corrected chi connectivity index (χ1v) is 6.64. The number of hydrogen-bond acceptors (Lipinski definition) is 3. The number of hydrogen-bond donors (Lipinski definition) is 1. The van der Waals surface area contributed by atoms with Gasteiger partial charge in [0, 0.05) is 35.6 Å². The zero-order valence-electron chi connectivity index (χ0n) is 11.2. The van der Waals surface area contributed by atoms with Gasteiger partial charge in [0.15, 0.2) is 0 Å². The number of nitrogen functional groups attached to an aromatic ring is 1. The summed E-state index contributed by atoms with van der Waals surface area (Å²) < 4.78 is 15.6. The first kappa shape index (κ1) is 13.6. The van der Waals surface area contributed by atoms with Crippen molar-refractivity contribution in [2.45, 2.75) is 0 Å². The predicted octanol–water partition coefficient (Wildman–Crippen LogP) is 3.52. The van der Waals surface area contributed by atoms with Crippen LogP contribution in [0.2, 0.25) is 5.02 Å². The molecule has 2 aromatic heterocycles. The van der Waals surface area contributed by atoms with Gasteiger partial charge in [-0.3, -0.25) is 9.67 Å². The second-order valence-corrected chi connectivity index (χ2v) is 5.03. The number of rotatable bonds is 2. The number of anilines is 1. The van der Waals surface area contributed by atoms with Gasteiger partial charge in [-0.1, -0.05) is 17.7 Å². The Morgan fingerprint density at radius 3 is 2.81 bits per heavy atom. The summed E-state index contributed by atoms with van der Waals surface area (Å²) in [6.07, 6.45) is 3.33. The number of nitrogens with two attached hydrogens (primary N) is 1. The van der Waals surface area contributed by atoms with E-state index in [0.29, 0.717) is 27.7 Å². The molecule has 2 N–H and O–H groups in total. The number of nitrogens with zero attached hydrogens (tertiary/aromatic N) is 3. The van der Waals surface area contributed by atoms with Crippen LogP contribution in [0, 0.1) is 5.82 Å². The number of halogens is 2. The van der Waals surface area contributed by atoms with Crippen LogP contribution in [0.5, 0.6) is 0 Å². The Morgan fingerprint density at radius 2 is 2.10 bits per heavy atom. The maximum atomic E-state index is 14.1. The summed E-state index contributed by atoms with van der Waals surface area (Å²) >= 11 is 5.97. The van der Waals surface area contributed by atoms with Crippen molar-refractivity contribution in [3.05, 3.63) is 53.6 Å². The van der Waals surface area contributed by atoms with Crippen molar-refractivity contribution in [3.63, 3.8) is 0 Å². The minimum atomic E-state index is -0.400. The third-order valence-corrected chi connectivity index (χ3v) is 3.46. The van der Waals surface area contributed by atoms with Crippen LogP contribution in [0.25, 0.3) is 22.4 Å². The van der Waals surface area contributed by atoms with E-state index in [9.17, 15) is 4.39 Å². The second kappa shape index (κ2) is 5.18. The van der Waals surface area contributed by atoms with Crippen molar-refractivity contribution in [3.8, 4) is 22.4 Å². The van der Waals surface area contributed by atoms with Crippen LogP contribution in [0.3, 0.4) is 0 Å². The van der Waals surface area contributed by atoms with Crippen LogP contribution >= 0.6 is 11.6 Å². The largest absolute Gasteiger partial charge is 0.383 e. The number of benzene rings is 1. The first-order valence-electron chi connectivity index (χ1n) is 6.26. The van der Waals surface area contributed by atoms with Gasteiger partial charge in [0.25, 0.3) is 0 Å². The van der Waals surface area contributed by atoms with Gasteiger partial charge in [-0.05, 0) is 24.3 Å². The summed E-state index contributed by atoms with van der Waals surface area (Å²) in [5, 5.41) is 4.76. The van der Waals surface area contributed by atoms with Crippen LogP contribution in [0.4, 0.5) is 10.2 Å². The standard InChI is InChI=1S/C15H12ClFN4/c1-21-15(18)13(9-3-2-6-19-8-9)14(20-21)11-7-10(16)4-5-12(11)17/h2-8H,18H2,1H3. The van der Waals surface area contributed by atoms with Gasteiger partial charge >= 0.3 is 0 Å². The van der Waals surface area contributed by atoms with Crippen LogP contribution in [0.15, 0.2) is 42.7 Å². The molecule has 0 atom stereocenters. The molecule has 0 unspecified atom stereocenters. The highest BCUT2D eigenvalue weighted by Crippen LogP contribution is 2.37. The van der Waals surface area contributed by atoms with Gasteiger partial charge in [-0.25, -0.2) is 4.39 Å². The maximum Gasteiger partial charge on any atom is 0.132 e. The fourth-order valence-electron chi connectivity index (χ4n) is 2.20. The smallest absolute Gasteiger partial charge is 0.132 e. The minimum absolute atomic E-state index is 0.314. The van der Waals surface area contributed by atoms with E-state index < -0.39 is 5.82 Å². The van der Waals surface area contributed by atoms with E-state index in [-0.39, 0.29) is 0 Å². The Morgan fingerprint density at radius 1 is 1.29 bits per heavy atom. The molecule has 2 heterocycles. The zero-order chi connectivity index (χ0) is 15.0. The fraction of sp³-hybridized carbons (Fsp3) is 0.0667. The predicted molar refractivity (Wildman–Crippen MR) is 81.3 cm³/mol. The molecule has 0 bridgehead atoms. The lowest BCUT2D eigenvalue weighted by atomic mass is 10.0. The summed E-state index contributed by atoms with van der Waals surface area (Å²) in [6, 6.07) is 8.00. The van der Waals surface area contributed by atoms with E-state index in [2.05, 4.69) is 10.1 Å². The van der Waals surface area contributed by atoms with E-state index in [1.165, 1.54) is 16.8 Å². The molecule has 0 amide bonds. The summed E-state index contributed by atoms with van der Waals surface area (Å²) in [6.45, 7) is 0.